The highest BCUT2D eigenvalue weighted by molar-refractivity contribution is 7.88. The Labute approximate surface area is 236 Å². The molecular formula is C28H27Cl2N3O5S. The SMILES string of the molecule is CC(C)[C@@H](N)C(=O)N(Cc1cccc(-c2ccc3c(N)c(C(=O)c4ccc(Cl)cc4Cl)oc3c2)c1)S(C)(=O)=O. The van der Waals surface area contributed by atoms with Crippen molar-refractivity contribution in [3.05, 3.63) is 87.6 Å². The number of benzene rings is 3. The van der Waals surface area contributed by atoms with Gasteiger partial charge in [-0.1, -0.05) is 61.3 Å². The molecule has 0 unspecified atom stereocenters. The van der Waals surface area contributed by atoms with Crippen molar-refractivity contribution in [1.29, 1.82) is 0 Å². The van der Waals surface area contributed by atoms with Crippen molar-refractivity contribution in [2.75, 3.05) is 12.0 Å². The summed E-state index contributed by atoms with van der Waals surface area (Å²) in [6.45, 7) is 3.34. The zero-order valence-corrected chi connectivity index (χ0v) is 23.8. The first-order chi connectivity index (χ1) is 18.3. The largest absolute Gasteiger partial charge is 0.450 e. The lowest BCUT2D eigenvalue weighted by Crippen LogP contribution is -2.48. The summed E-state index contributed by atoms with van der Waals surface area (Å²) in [5.74, 6) is -1.40. The first-order valence-electron chi connectivity index (χ1n) is 12.0. The minimum absolute atomic E-state index is 0.0380. The second-order valence-corrected chi connectivity index (χ2v) is 12.3. The molecule has 0 saturated heterocycles. The first-order valence-corrected chi connectivity index (χ1v) is 14.6. The van der Waals surface area contributed by atoms with Crippen molar-refractivity contribution in [2.24, 2.45) is 11.7 Å². The van der Waals surface area contributed by atoms with E-state index >= 15 is 0 Å². The van der Waals surface area contributed by atoms with Gasteiger partial charge in [0, 0.05) is 16.0 Å². The number of carbonyl (C=O) groups is 2. The number of amides is 1. The Bertz CT molecular complexity index is 1700. The van der Waals surface area contributed by atoms with E-state index in [1.807, 2.05) is 12.1 Å². The van der Waals surface area contributed by atoms with Crippen molar-refractivity contribution in [2.45, 2.75) is 26.4 Å². The molecule has 0 aliphatic rings. The van der Waals surface area contributed by atoms with E-state index in [9.17, 15) is 18.0 Å². The number of anilines is 1. The van der Waals surface area contributed by atoms with Crippen LogP contribution in [-0.2, 0) is 21.4 Å². The molecule has 204 valence electrons. The molecule has 0 saturated carbocycles. The maximum absolute atomic E-state index is 13.1. The third-order valence-electron chi connectivity index (χ3n) is 6.35. The second-order valence-electron chi connectivity index (χ2n) is 9.59. The lowest BCUT2D eigenvalue weighted by atomic mass is 10.0. The van der Waals surface area contributed by atoms with Crippen LogP contribution in [0.25, 0.3) is 22.1 Å². The Morgan fingerprint density at radius 3 is 2.33 bits per heavy atom. The molecule has 8 nitrogen and oxygen atoms in total. The van der Waals surface area contributed by atoms with Crippen LogP contribution in [-0.4, -0.2) is 36.7 Å². The standard InChI is InChI=1S/C28H27Cl2N3O5S/c1-15(2)24(31)28(35)33(39(3,36)37)14-16-5-4-6-17(11-16)18-7-9-21-23(12-18)38-27(25(21)32)26(34)20-10-8-19(29)13-22(20)30/h4-13,15,24H,14,31-32H2,1-3H3/t24-/m1/s1. The monoisotopic (exact) mass is 587 g/mol. The average molecular weight is 589 g/mol. The molecule has 0 aliphatic heterocycles. The molecule has 0 fully saturated rings. The zero-order chi connectivity index (χ0) is 28.6. The quantitative estimate of drug-likeness (QED) is 0.260. The summed E-state index contributed by atoms with van der Waals surface area (Å²) >= 11 is 12.1. The predicted octanol–water partition coefficient (Wildman–Crippen LogP) is 5.49. The Balaban J connectivity index is 1.67. The number of rotatable bonds is 8. The molecule has 39 heavy (non-hydrogen) atoms. The van der Waals surface area contributed by atoms with E-state index in [4.69, 9.17) is 39.1 Å². The van der Waals surface area contributed by atoms with Gasteiger partial charge in [-0.2, -0.15) is 0 Å². The molecule has 1 atom stereocenters. The number of ketones is 1. The summed E-state index contributed by atoms with van der Waals surface area (Å²) in [6, 6.07) is 16.0. The molecule has 4 rings (SSSR count). The Morgan fingerprint density at radius 1 is 1.00 bits per heavy atom. The molecule has 0 spiro atoms. The van der Waals surface area contributed by atoms with E-state index in [0.717, 1.165) is 21.7 Å². The number of hydrogen-bond acceptors (Lipinski definition) is 7. The number of fused-ring (bicyclic) bond motifs is 1. The second kappa shape index (κ2) is 11.0. The minimum atomic E-state index is -3.86. The fraction of sp³-hybridized carbons (Fsp3) is 0.214. The maximum atomic E-state index is 13.1. The van der Waals surface area contributed by atoms with Crippen LogP contribution in [0.1, 0.15) is 35.5 Å². The molecule has 11 heteroatoms. The van der Waals surface area contributed by atoms with Gasteiger partial charge in [-0.15, -0.1) is 0 Å². The van der Waals surface area contributed by atoms with Crippen LogP contribution in [0.15, 0.2) is 65.1 Å². The summed E-state index contributed by atoms with van der Waals surface area (Å²) in [7, 11) is -3.86. The normalized spacial score (nSPS) is 12.6. The van der Waals surface area contributed by atoms with Gasteiger partial charge in [0.05, 0.1) is 29.6 Å². The third kappa shape index (κ3) is 5.96. The summed E-state index contributed by atoms with van der Waals surface area (Å²) in [6.07, 6.45) is 0.979. The van der Waals surface area contributed by atoms with Crippen molar-refractivity contribution < 1.29 is 22.4 Å². The molecule has 1 amide bonds. The third-order valence-corrected chi connectivity index (χ3v) is 8.00. The number of nitrogens with zero attached hydrogens (tertiary/aromatic N) is 1. The number of sulfonamides is 1. The van der Waals surface area contributed by atoms with Gasteiger partial charge in [-0.25, -0.2) is 12.7 Å². The van der Waals surface area contributed by atoms with Crippen LogP contribution >= 0.6 is 23.2 Å². The lowest BCUT2D eigenvalue weighted by Gasteiger charge is -2.25. The van der Waals surface area contributed by atoms with E-state index in [2.05, 4.69) is 0 Å². The number of carbonyl (C=O) groups excluding carboxylic acids is 2. The van der Waals surface area contributed by atoms with E-state index in [0.29, 0.717) is 21.6 Å². The van der Waals surface area contributed by atoms with E-state index in [1.54, 1.807) is 50.2 Å². The van der Waals surface area contributed by atoms with Crippen LogP contribution < -0.4 is 11.5 Å². The summed E-state index contributed by atoms with van der Waals surface area (Å²) in [5, 5.41) is 1.13. The molecular weight excluding hydrogens is 561 g/mol. The summed E-state index contributed by atoms with van der Waals surface area (Å²) < 4.78 is 31.5. The number of nitrogens with two attached hydrogens (primary N) is 2. The first kappa shape index (κ1) is 28.6. The molecule has 0 radical (unpaired) electrons. The number of furan rings is 1. The maximum Gasteiger partial charge on any atom is 0.253 e. The summed E-state index contributed by atoms with van der Waals surface area (Å²) in [4.78, 5) is 25.9. The topological polar surface area (TPSA) is 137 Å². The van der Waals surface area contributed by atoms with Gasteiger partial charge >= 0.3 is 0 Å². The van der Waals surface area contributed by atoms with E-state index in [-0.39, 0.29) is 34.5 Å². The molecule has 1 heterocycles. The highest BCUT2D eigenvalue weighted by Gasteiger charge is 2.30. The number of nitrogen functional groups attached to an aromatic ring is 1. The van der Waals surface area contributed by atoms with Gasteiger partial charge < -0.3 is 15.9 Å². The predicted molar refractivity (Wildman–Crippen MR) is 154 cm³/mol. The van der Waals surface area contributed by atoms with Gasteiger partial charge in [0.1, 0.15) is 5.58 Å². The van der Waals surface area contributed by atoms with Crippen LogP contribution in [0.4, 0.5) is 5.69 Å². The van der Waals surface area contributed by atoms with Crippen LogP contribution in [0.5, 0.6) is 0 Å². The van der Waals surface area contributed by atoms with Crippen LogP contribution in [0.2, 0.25) is 10.0 Å². The fourth-order valence-corrected chi connectivity index (χ4v) is 5.41. The highest BCUT2D eigenvalue weighted by atomic mass is 35.5. The summed E-state index contributed by atoms with van der Waals surface area (Å²) in [5.41, 5.74) is 15.1. The molecule has 4 N–H and O–H groups in total. The van der Waals surface area contributed by atoms with Gasteiger partial charge in [-0.3, -0.25) is 9.59 Å². The van der Waals surface area contributed by atoms with Crippen molar-refractivity contribution in [3.63, 3.8) is 0 Å². The fourth-order valence-electron chi connectivity index (χ4n) is 4.09. The molecule has 0 bridgehead atoms. The molecule has 4 aromatic rings. The Kier molecular flexibility index (Phi) is 8.09. The highest BCUT2D eigenvalue weighted by Crippen LogP contribution is 2.35. The molecule has 3 aromatic carbocycles. The minimum Gasteiger partial charge on any atom is -0.450 e. The van der Waals surface area contributed by atoms with Gasteiger partial charge in [0.25, 0.3) is 5.91 Å². The Morgan fingerprint density at radius 2 is 1.69 bits per heavy atom. The lowest BCUT2D eigenvalue weighted by molar-refractivity contribution is -0.129. The number of hydrogen-bond donors (Lipinski definition) is 2. The molecule has 1 aromatic heterocycles. The number of halogens is 2. The smallest absolute Gasteiger partial charge is 0.253 e. The van der Waals surface area contributed by atoms with Crippen molar-refractivity contribution in [3.8, 4) is 11.1 Å². The van der Waals surface area contributed by atoms with Crippen molar-refractivity contribution >= 4 is 61.6 Å². The van der Waals surface area contributed by atoms with Crippen LogP contribution in [0.3, 0.4) is 0 Å². The van der Waals surface area contributed by atoms with Gasteiger partial charge in [0.2, 0.25) is 15.8 Å². The van der Waals surface area contributed by atoms with Crippen LogP contribution in [0, 0.1) is 5.92 Å². The average Bonchev–Trinajstić information content (AvgIpc) is 3.21. The molecule has 0 aliphatic carbocycles. The van der Waals surface area contributed by atoms with Gasteiger partial charge in [-0.05, 0) is 59.0 Å². The van der Waals surface area contributed by atoms with Gasteiger partial charge in [0.15, 0.2) is 5.76 Å². The van der Waals surface area contributed by atoms with Crippen molar-refractivity contribution in [1.82, 2.24) is 4.31 Å². The Hall–Kier alpha value is -3.37. The van der Waals surface area contributed by atoms with E-state index in [1.165, 1.54) is 12.1 Å². The van der Waals surface area contributed by atoms with E-state index < -0.39 is 27.8 Å². The zero-order valence-electron chi connectivity index (χ0n) is 21.4.